The molecule has 3 aromatic carbocycles. The molecule has 7 nitrogen and oxygen atoms in total. The van der Waals surface area contributed by atoms with E-state index in [1.54, 1.807) is 7.11 Å². The molecule has 0 spiro atoms. The number of nitrogens with one attached hydrogen (secondary N) is 1. The molecule has 0 radical (unpaired) electrons. The number of methoxy groups -OCH3 is 1. The smallest absolute Gasteiger partial charge is 0.232 e. The van der Waals surface area contributed by atoms with Gasteiger partial charge in [0.15, 0.2) is 11.5 Å². The fourth-order valence-corrected chi connectivity index (χ4v) is 4.80. The van der Waals surface area contributed by atoms with Crippen LogP contribution in [0.25, 0.3) is 0 Å². The van der Waals surface area contributed by atoms with Crippen LogP contribution in [-0.4, -0.2) is 39.1 Å². The van der Waals surface area contributed by atoms with E-state index < -0.39 is 6.04 Å². The van der Waals surface area contributed by atoms with E-state index in [0.717, 1.165) is 40.0 Å². The normalized spacial score (nSPS) is 15.5. The quantitative estimate of drug-likeness (QED) is 0.421. The summed E-state index contributed by atoms with van der Waals surface area (Å²) in [5, 5.41) is 2.92. The zero-order valence-corrected chi connectivity index (χ0v) is 23.1. The molecule has 0 saturated heterocycles. The van der Waals surface area contributed by atoms with Crippen molar-refractivity contribution in [2.45, 2.75) is 52.3 Å². The fraction of sp³-hybridized carbons (Fsp3) is 0.355. The first-order valence-electron chi connectivity index (χ1n) is 13.0. The molecule has 0 aromatic heterocycles. The lowest BCUT2D eigenvalue weighted by Crippen LogP contribution is -2.41. The van der Waals surface area contributed by atoms with E-state index in [2.05, 4.69) is 12.2 Å². The molecule has 200 valence electrons. The van der Waals surface area contributed by atoms with Gasteiger partial charge in [-0.1, -0.05) is 31.2 Å². The topological polar surface area (TPSA) is 71.1 Å². The van der Waals surface area contributed by atoms with Gasteiger partial charge in [0, 0.05) is 38.9 Å². The second kappa shape index (κ2) is 11.6. The summed E-state index contributed by atoms with van der Waals surface area (Å²) in [6, 6.07) is 19.5. The van der Waals surface area contributed by atoms with E-state index in [9.17, 15) is 9.59 Å². The Bertz CT molecular complexity index is 1300. The summed E-state index contributed by atoms with van der Waals surface area (Å²) in [5.74, 6) is 1.16. The van der Waals surface area contributed by atoms with Gasteiger partial charge in [-0.05, 0) is 72.0 Å². The first-order chi connectivity index (χ1) is 18.2. The van der Waals surface area contributed by atoms with E-state index >= 15 is 0 Å². The first kappa shape index (κ1) is 27.0. The van der Waals surface area contributed by atoms with Crippen molar-refractivity contribution in [1.82, 2.24) is 5.32 Å². The maximum atomic E-state index is 13.8. The van der Waals surface area contributed by atoms with Crippen molar-refractivity contribution >= 4 is 23.2 Å². The maximum Gasteiger partial charge on any atom is 0.232 e. The third-order valence-corrected chi connectivity index (χ3v) is 7.01. The van der Waals surface area contributed by atoms with Gasteiger partial charge in [0.05, 0.1) is 25.7 Å². The highest BCUT2D eigenvalue weighted by Gasteiger charge is 2.37. The summed E-state index contributed by atoms with van der Waals surface area (Å²) in [6.45, 7) is 5.98. The zero-order valence-electron chi connectivity index (χ0n) is 23.1. The monoisotopic (exact) mass is 515 g/mol. The summed E-state index contributed by atoms with van der Waals surface area (Å²) < 4.78 is 11.9. The Balaban J connectivity index is 1.92. The van der Waals surface area contributed by atoms with Crippen molar-refractivity contribution in [3.63, 3.8) is 0 Å². The number of fused-ring (bicyclic) bond motifs is 1. The molecule has 4 rings (SSSR count). The molecular weight excluding hydrogens is 478 g/mol. The lowest BCUT2D eigenvalue weighted by Gasteiger charge is -2.39. The van der Waals surface area contributed by atoms with Gasteiger partial charge in [-0.3, -0.25) is 9.59 Å². The van der Waals surface area contributed by atoms with Crippen LogP contribution in [0, 0.1) is 0 Å². The molecule has 1 heterocycles. The molecule has 0 aliphatic carbocycles. The van der Waals surface area contributed by atoms with Crippen molar-refractivity contribution in [2.24, 2.45) is 0 Å². The number of hydrogen-bond acceptors (Lipinski definition) is 5. The highest BCUT2D eigenvalue weighted by molar-refractivity contribution is 5.98. The van der Waals surface area contributed by atoms with E-state index in [1.807, 2.05) is 91.5 Å². The van der Waals surface area contributed by atoms with Gasteiger partial charge >= 0.3 is 0 Å². The molecule has 38 heavy (non-hydrogen) atoms. The largest absolute Gasteiger partial charge is 0.493 e. The average Bonchev–Trinajstić information content (AvgIpc) is 2.91. The number of amides is 2. The minimum absolute atomic E-state index is 0.00681. The highest BCUT2D eigenvalue weighted by Crippen LogP contribution is 2.44. The Kier molecular flexibility index (Phi) is 8.25. The lowest BCUT2D eigenvalue weighted by atomic mass is 9.85. The average molecular weight is 516 g/mol. The Labute approximate surface area is 225 Å². The first-order valence-corrected chi connectivity index (χ1v) is 13.0. The molecule has 1 aliphatic heterocycles. The standard InChI is InChI=1S/C31H37N3O4/c1-7-20(2)38-29-18-27-23(16-28(29)37-6)17-30(36)34(25-14-12-24(13-15-25)33(4)5)31(27)26-11-9-8-10-22(26)19-32-21(3)35/h8-16,18,20,31H,7,17,19H2,1-6H3,(H,32,35). The van der Waals surface area contributed by atoms with Crippen molar-refractivity contribution in [2.75, 3.05) is 31.0 Å². The molecule has 7 heteroatoms. The molecule has 2 amide bonds. The third kappa shape index (κ3) is 5.62. The van der Waals surface area contributed by atoms with Gasteiger partial charge in [0.2, 0.25) is 11.8 Å². The summed E-state index contributed by atoms with van der Waals surface area (Å²) in [7, 11) is 5.60. The molecule has 0 bridgehead atoms. The molecule has 2 unspecified atom stereocenters. The van der Waals surface area contributed by atoms with Crippen molar-refractivity contribution in [3.05, 3.63) is 82.9 Å². The van der Waals surface area contributed by atoms with E-state index in [4.69, 9.17) is 9.47 Å². The van der Waals surface area contributed by atoms with Crippen LogP contribution in [0.1, 0.15) is 55.5 Å². The van der Waals surface area contributed by atoms with Gasteiger partial charge in [0.1, 0.15) is 0 Å². The van der Waals surface area contributed by atoms with Crippen LogP contribution in [-0.2, 0) is 22.6 Å². The van der Waals surface area contributed by atoms with Gasteiger partial charge in [-0.25, -0.2) is 0 Å². The zero-order chi connectivity index (χ0) is 27.4. The molecule has 1 N–H and O–H groups in total. The minimum atomic E-state index is -0.411. The van der Waals surface area contributed by atoms with Crippen LogP contribution in [0.2, 0.25) is 0 Å². The van der Waals surface area contributed by atoms with Crippen molar-refractivity contribution < 1.29 is 19.1 Å². The number of ether oxygens (including phenoxy) is 2. The van der Waals surface area contributed by atoms with Crippen LogP contribution in [0.15, 0.2) is 60.7 Å². The Morgan fingerprint density at radius 3 is 2.42 bits per heavy atom. The molecule has 0 saturated carbocycles. The van der Waals surface area contributed by atoms with Gasteiger partial charge in [0.25, 0.3) is 0 Å². The predicted molar refractivity (Wildman–Crippen MR) is 151 cm³/mol. The predicted octanol–water partition coefficient (Wildman–Crippen LogP) is 5.25. The molecule has 0 fully saturated rings. The van der Waals surface area contributed by atoms with Gasteiger partial charge in [-0.2, -0.15) is 0 Å². The lowest BCUT2D eigenvalue weighted by molar-refractivity contribution is -0.119. The van der Waals surface area contributed by atoms with Crippen LogP contribution < -0.4 is 24.6 Å². The second-order valence-corrected chi connectivity index (χ2v) is 9.90. The number of carbonyl (C=O) groups excluding carboxylic acids is 2. The summed E-state index contributed by atoms with van der Waals surface area (Å²) in [6.07, 6.45) is 1.11. The van der Waals surface area contributed by atoms with Crippen LogP contribution >= 0.6 is 0 Å². The van der Waals surface area contributed by atoms with Crippen LogP contribution in [0.3, 0.4) is 0 Å². The van der Waals surface area contributed by atoms with Crippen LogP contribution in [0.4, 0.5) is 11.4 Å². The molecule has 1 aliphatic rings. The third-order valence-electron chi connectivity index (χ3n) is 7.01. The Morgan fingerprint density at radius 2 is 1.79 bits per heavy atom. The molecule has 2 atom stereocenters. The number of carbonyl (C=O) groups is 2. The number of rotatable bonds is 9. The molecule has 3 aromatic rings. The Morgan fingerprint density at radius 1 is 1.08 bits per heavy atom. The van der Waals surface area contributed by atoms with Crippen LogP contribution in [0.5, 0.6) is 11.5 Å². The number of nitrogens with zero attached hydrogens (tertiary/aromatic N) is 2. The van der Waals surface area contributed by atoms with E-state index in [-0.39, 0.29) is 24.3 Å². The van der Waals surface area contributed by atoms with Gasteiger partial charge in [-0.15, -0.1) is 0 Å². The summed E-state index contributed by atoms with van der Waals surface area (Å²) in [4.78, 5) is 29.5. The fourth-order valence-electron chi connectivity index (χ4n) is 4.80. The van der Waals surface area contributed by atoms with Crippen molar-refractivity contribution in [1.29, 1.82) is 0 Å². The number of benzene rings is 3. The number of anilines is 2. The summed E-state index contributed by atoms with van der Waals surface area (Å²) in [5.41, 5.74) is 5.65. The highest BCUT2D eigenvalue weighted by atomic mass is 16.5. The maximum absolute atomic E-state index is 13.8. The minimum Gasteiger partial charge on any atom is -0.493 e. The van der Waals surface area contributed by atoms with E-state index in [0.29, 0.717) is 18.0 Å². The number of hydrogen-bond donors (Lipinski definition) is 1. The Hall–Kier alpha value is -4.00. The molecular formula is C31H37N3O4. The summed E-state index contributed by atoms with van der Waals surface area (Å²) >= 11 is 0. The van der Waals surface area contributed by atoms with Gasteiger partial charge < -0.3 is 24.6 Å². The van der Waals surface area contributed by atoms with Crippen molar-refractivity contribution in [3.8, 4) is 11.5 Å². The SMILES string of the molecule is CCC(C)Oc1cc2c(cc1OC)CC(=O)N(c1ccc(N(C)C)cc1)C2c1ccccc1CNC(C)=O. The van der Waals surface area contributed by atoms with E-state index in [1.165, 1.54) is 6.92 Å². The second-order valence-electron chi connectivity index (χ2n) is 9.90.